The van der Waals surface area contributed by atoms with E-state index >= 15 is 0 Å². The van der Waals surface area contributed by atoms with Crippen LogP contribution in [0.15, 0.2) is 24.5 Å². The van der Waals surface area contributed by atoms with Crippen LogP contribution in [0.2, 0.25) is 0 Å². The zero-order valence-corrected chi connectivity index (χ0v) is 9.69. The Bertz CT molecular complexity index is 257. The van der Waals surface area contributed by atoms with Crippen LogP contribution in [-0.2, 0) is 0 Å². The lowest BCUT2D eigenvalue weighted by molar-refractivity contribution is 0.291. The Kier molecular flexibility index (Phi) is 5.29. The summed E-state index contributed by atoms with van der Waals surface area (Å²) in [6.45, 7) is 7.62. The summed E-state index contributed by atoms with van der Waals surface area (Å²) in [5.74, 6) is 0. The fraction of sp³-hybridized carbons (Fsp3) is 0.583. The molecule has 3 nitrogen and oxygen atoms in total. The molecule has 0 aromatic carbocycles. The number of hydrogen-bond acceptors (Lipinski definition) is 3. The van der Waals surface area contributed by atoms with Crippen molar-refractivity contribution in [2.45, 2.75) is 26.3 Å². The van der Waals surface area contributed by atoms with Gasteiger partial charge in [0.25, 0.3) is 0 Å². The van der Waals surface area contributed by atoms with Gasteiger partial charge < -0.3 is 10.6 Å². The summed E-state index contributed by atoms with van der Waals surface area (Å²) < 4.78 is 0. The molecule has 0 spiro atoms. The van der Waals surface area contributed by atoms with Gasteiger partial charge in [0, 0.05) is 18.4 Å². The van der Waals surface area contributed by atoms with E-state index in [2.05, 4.69) is 23.7 Å². The maximum absolute atomic E-state index is 6.10. The summed E-state index contributed by atoms with van der Waals surface area (Å²) >= 11 is 0. The van der Waals surface area contributed by atoms with Crippen LogP contribution in [0, 0.1) is 0 Å². The lowest BCUT2D eigenvalue weighted by atomic mass is 10.1. The van der Waals surface area contributed by atoms with Gasteiger partial charge in [-0.1, -0.05) is 13.8 Å². The molecule has 0 radical (unpaired) electrons. The summed E-state index contributed by atoms with van der Waals surface area (Å²) in [4.78, 5) is 6.38. The molecule has 2 N–H and O–H groups in total. The zero-order chi connectivity index (χ0) is 11.1. The van der Waals surface area contributed by atoms with Crippen LogP contribution >= 0.6 is 0 Å². The van der Waals surface area contributed by atoms with E-state index in [1.54, 1.807) is 12.4 Å². The third-order valence-corrected chi connectivity index (χ3v) is 2.79. The van der Waals surface area contributed by atoms with Crippen molar-refractivity contribution in [3.63, 3.8) is 0 Å². The van der Waals surface area contributed by atoms with E-state index in [-0.39, 0.29) is 6.04 Å². The van der Waals surface area contributed by atoms with Crippen molar-refractivity contribution in [2.75, 3.05) is 19.6 Å². The van der Waals surface area contributed by atoms with Gasteiger partial charge in [-0.05, 0) is 43.8 Å². The van der Waals surface area contributed by atoms with Crippen LogP contribution in [0.5, 0.6) is 0 Å². The van der Waals surface area contributed by atoms with Gasteiger partial charge in [-0.15, -0.1) is 0 Å². The summed E-state index contributed by atoms with van der Waals surface area (Å²) in [6, 6.07) is 4.12. The monoisotopic (exact) mass is 207 g/mol. The zero-order valence-electron chi connectivity index (χ0n) is 9.69. The fourth-order valence-corrected chi connectivity index (χ4v) is 1.64. The molecule has 84 valence electrons. The number of nitrogens with zero attached hydrogens (tertiary/aromatic N) is 2. The van der Waals surface area contributed by atoms with Crippen molar-refractivity contribution < 1.29 is 0 Å². The first-order valence-electron chi connectivity index (χ1n) is 5.65. The molecule has 1 aromatic rings. The molecule has 0 amide bonds. The number of pyridine rings is 1. The van der Waals surface area contributed by atoms with Gasteiger partial charge in [-0.2, -0.15) is 0 Å². The minimum Gasteiger partial charge on any atom is -0.324 e. The van der Waals surface area contributed by atoms with E-state index < -0.39 is 0 Å². The predicted octanol–water partition coefficient (Wildman–Crippen LogP) is 1.81. The molecule has 0 aliphatic rings. The highest BCUT2D eigenvalue weighted by Gasteiger charge is 2.07. The van der Waals surface area contributed by atoms with Gasteiger partial charge in [-0.25, -0.2) is 0 Å². The highest BCUT2D eigenvalue weighted by Crippen LogP contribution is 2.12. The predicted molar refractivity (Wildman–Crippen MR) is 63.6 cm³/mol. The number of aromatic nitrogens is 1. The quantitative estimate of drug-likeness (QED) is 0.773. The Hall–Kier alpha value is -0.930. The molecule has 0 bridgehead atoms. The maximum Gasteiger partial charge on any atom is 0.0308 e. The van der Waals surface area contributed by atoms with E-state index in [4.69, 9.17) is 5.73 Å². The third kappa shape index (κ3) is 3.98. The molecule has 0 fully saturated rings. The lowest BCUT2D eigenvalue weighted by Crippen LogP contribution is -2.27. The molecule has 1 heterocycles. The highest BCUT2D eigenvalue weighted by molar-refractivity contribution is 5.14. The molecular weight excluding hydrogens is 186 g/mol. The highest BCUT2D eigenvalue weighted by atomic mass is 15.1. The first-order chi connectivity index (χ1) is 7.27. The van der Waals surface area contributed by atoms with Gasteiger partial charge in [0.2, 0.25) is 0 Å². The third-order valence-electron chi connectivity index (χ3n) is 2.79. The Morgan fingerprint density at radius 1 is 1.27 bits per heavy atom. The van der Waals surface area contributed by atoms with Gasteiger partial charge in [0.1, 0.15) is 0 Å². The van der Waals surface area contributed by atoms with Crippen molar-refractivity contribution >= 4 is 0 Å². The number of rotatable bonds is 6. The molecule has 0 saturated heterocycles. The van der Waals surface area contributed by atoms with Crippen LogP contribution in [0.3, 0.4) is 0 Å². The molecule has 1 rings (SSSR count). The van der Waals surface area contributed by atoms with Crippen molar-refractivity contribution in [3.05, 3.63) is 30.1 Å². The molecule has 1 unspecified atom stereocenters. The van der Waals surface area contributed by atoms with Crippen LogP contribution in [0.4, 0.5) is 0 Å². The van der Waals surface area contributed by atoms with Crippen LogP contribution in [-0.4, -0.2) is 29.5 Å². The van der Waals surface area contributed by atoms with E-state index in [1.165, 1.54) is 5.56 Å². The second-order valence-corrected chi connectivity index (χ2v) is 3.70. The van der Waals surface area contributed by atoms with Crippen LogP contribution in [0.25, 0.3) is 0 Å². The van der Waals surface area contributed by atoms with Gasteiger partial charge in [0.15, 0.2) is 0 Å². The topological polar surface area (TPSA) is 42.1 Å². The molecule has 3 heteroatoms. The van der Waals surface area contributed by atoms with E-state index in [0.29, 0.717) is 0 Å². The van der Waals surface area contributed by atoms with Crippen molar-refractivity contribution in [2.24, 2.45) is 5.73 Å². The Morgan fingerprint density at radius 2 is 1.87 bits per heavy atom. The maximum atomic E-state index is 6.10. The molecule has 0 saturated carbocycles. The minimum absolute atomic E-state index is 0.133. The van der Waals surface area contributed by atoms with E-state index in [9.17, 15) is 0 Å². The van der Waals surface area contributed by atoms with Crippen LogP contribution in [0.1, 0.15) is 31.9 Å². The van der Waals surface area contributed by atoms with Crippen molar-refractivity contribution in [3.8, 4) is 0 Å². The summed E-state index contributed by atoms with van der Waals surface area (Å²) in [5, 5.41) is 0. The average Bonchev–Trinajstić information content (AvgIpc) is 2.31. The standard InChI is InChI=1S/C12H21N3/c1-3-15(4-2)10-7-12(13)11-5-8-14-9-6-11/h5-6,8-9,12H,3-4,7,10,13H2,1-2H3. The van der Waals surface area contributed by atoms with Gasteiger partial charge in [0.05, 0.1) is 0 Å². The van der Waals surface area contributed by atoms with E-state index in [1.807, 2.05) is 12.1 Å². The first-order valence-corrected chi connectivity index (χ1v) is 5.65. The molecule has 0 aliphatic heterocycles. The SMILES string of the molecule is CCN(CC)CCC(N)c1ccncc1. The Labute approximate surface area is 92.3 Å². The Morgan fingerprint density at radius 3 is 2.40 bits per heavy atom. The second-order valence-electron chi connectivity index (χ2n) is 3.70. The van der Waals surface area contributed by atoms with Crippen molar-refractivity contribution in [1.82, 2.24) is 9.88 Å². The van der Waals surface area contributed by atoms with Gasteiger partial charge >= 0.3 is 0 Å². The molecule has 1 aromatic heterocycles. The normalized spacial score (nSPS) is 13.1. The summed E-state index contributed by atoms with van der Waals surface area (Å²) in [6.07, 6.45) is 4.60. The number of nitrogens with two attached hydrogens (primary N) is 1. The fourth-order valence-electron chi connectivity index (χ4n) is 1.64. The number of hydrogen-bond donors (Lipinski definition) is 1. The summed E-state index contributed by atoms with van der Waals surface area (Å²) in [5.41, 5.74) is 7.28. The summed E-state index contributed by atoms with van der Waals surface area (Å²) in [7, 11) is 0. The lowest BCUT2D eigenvalue weighted by Gasteiger charge is -2.20. The van der Waals surface area contributed by atoms with Crippen LogP contribution < -0.4 is 5.73 Å². The molecule has 15 heavy (non-hydrogen) atoms. The average molecular weight is 207 g/mol. The van der Waals surface area contributed by atoms with E-state index in [0.717, 1.165) is 26.1 Å². The van der Waals surface area contributed by atoms with Gasteiger partial charge in [-0.3, -0.25) is 4.98 Å². The Balaban J connectivity index is 2.39. The smallest absolute Gasteiger partial charge is 0.0308 e. The first kappa shape index (κ1) is 12.1. The second kappa shape index (κ2) is 6.53. The molecule has 1 atom stereocenters. The molecular formula is C12H21N3. The minimum atomic E-state index is 0.133. The largest absolute Gasteiger partial charge is 0.324 e. The van der Waals surface area contributed by atoms with Crippen molar-refractivity contribution in [1.29, 1.82) is 0 Å². The molecule has 0 aliphatic carbocycles.